The third-order valence-corrected chi connectivity index (χ3v) is 7.61. The van der Waals surface area contributed by atoms with Crippen LogP contribution in [0.25, 0.3) is 43.8 Å². The van der Waals surface area contributed by atoms with Gasteiger partial charge in [0.2, 0.25) is 0 Å². The molecule has 0 radical (unpaired) electrons. The number of benzene rings is 5. The first kappa shape index (κ1) is 33.3. The zero-order valence-electron chi connectivity index (χ0n) is 23.9. The quantitative estimate of drug-likeness (QED) is 0.270. The van der Waals surface area contributed by atoms with Crippen molar-refractivity contribution in [2.75, 3.05) is 21.3 Å². The summed E-state index contributed by atoms with van der Waals surface area (Å²) in [6.45, 7) is 2.18. The smallest absolute Gasteiger partial charge is 1.00 e. The van der Waals surface area contributed by atoms with E-state index in [9.17, 15) is 0 Å². The van der Waals surface area contributed by atoms with Crippen LogP contribution >= 0.6 is 0 Å². The molecule has 6 aromatic carbocycles. The van der Waals surface area contributed by atoms with Crippen LogP contribution in [0.5, 0.6) is 17.2 Å². The normalized spacial score (nSPS) is 10.7. The molecule has 7 rings (SSSR count). The minimum atomic E-state index is 0. The second kappa shape index (κ2) is 14.3. The third-order valence-electron chi connectivity index (χ3n) is 7.61. The summed E-state index contributed by atoms with van der Waals surface area (Å²) in [4.78, 5) is 0. The molecular weight excluding hydrogens is 643 g/mol. The number of rotatable bonds is 4. The number of aryl methyl sites for hydroxylation is 1. The van der Waals surface area contributed by atoms with Crippen molar-refractivity contribution in [2.24, 2.45) is 0 Å². The van der Waals surface area contributed by atoms with Gasteiger partial charge in [0.1, 0.15) is 5.75 Å². The van der Waals surface area contributed by atoms with Gasteiger partial charge in [-0.2, -0.15) is 6.07 Å². The van der Waals surface area contributed by atoms with Crippen molar-refractivity contribution in [2.45, 2.75) is 13.3 Å². The van der Waals surface area contributed by atoms with Gasteiger partial charge in [0, 0.05) is 5.75 Å². The van der Waals surface area contributed by atoms with Gasteiger partial charge in [-0.05, 0) is 47.4 Å². The molecule has 0 aliphatic heterocycles. The van der Waals surface area contributed by atoms with Gasteiger partial charge in [-0.15, -0.1) is 58.3 Å². The second-order valence-electron chi connectivity index (χ2n) is 9.75. The van der Waals surface area contributed by atoms with E-state index in [2.05, 4.69) is 97.9 Å². The molecule has 3 nitrogen and oxygen atoms in total. The molecule has 0 aromatic heterocycles. The van der Waals surface area contributed by atoms with Gasteiger partial charge in [-0.25, -0.2) is 0 Å². The Balaban J connectivity index is 0.000000215. The molecule has 1 aliphatic rings. The van der Waals surface area contributed by atoms with Crippen LogP contribution in [0, 0.1) is 13.0 Å². The topological polar surface area (TPSA) is 27.7 Å². The van der Waals surface area contributed by atoms with Crippen LogP contribution in [0.1, 0.15) is 16.7 Å². The average molecular weight is 673 g/mol. The van der Waals surface area contributed by atoms with E-state index in [1.165, 1.54) is 49.4 Å². The number of ether oxygens (including phenoxy) is 3. The Morgan fingerprint density at radius 3 is 2.21 bits per heavy atom. The number of hydrogen-bond acceptors (Lipinski definition) is 3. The molecule has 210 valence electrons. The van der Waals surface area contributed by atoms with Crippen LogP contribution in [0.3, 0.4) is 0 Å². The first-order valence-corrected chi connectivity index (χ1v) is 13.1. The zero-order chi connectivity index (χ0) is 26.9. The monoisotopic (exact) mass is 670 g/mol. The molecule has 0 spiro atoms. The van der Waals surface area contributed by atoms with Crippen molar-refractivity contribution in [1.82, 2.24) is 0 Å². The Morgan fingerprint density at radius 2 is 1.45 bits per heavy atom. The van der Waals surface area contributed by atoms with Gasteiger partial charge in [-0.3, -0.25) is 0 Å². The summed E-state index contributed by atoms with van der Waals surface area (Å²) in [7, 11) is 4.99. The van der Waals surface area contributed by atoms with Gasteiger partial charge in [0.05, 0.1) is 27.1 Å². The third kappa shape index (κ3) is 5.99. The van der Waals surface area contributed by atoms with Crippen molar-refractivity contribution in [1.29, 1.82) is 0 Å². The predicted molar refractivity (Wildman–Crippen MR) is 160 cm³/mol. The van der Waals surface area contributed by atoms with E-state index in [-0.39, 0.29) is 51.0 Å². The Kier molecular flexibility index (Phi) is 11.4. The van der Waals surface area contributed by atoms with Gasteiger partial charge in [0.15, 0.2) is 0 Å². The molecule has 0 N–H and O–H groups in total. The maximum atomic E-state index is 5.52. The van der Waals surface area contributed by atoms with Gasteiger partial charge < -0.3 is 39.0 Å². The first-order valence-electron chi connectivity index (χ1n) is 13.1. The summed E-state index contributed by atoms with van der Waals surface area (Å²) in [5.74, 6) is 2.36. The predicted octanol–water partition coefficient (Wildman–Crippen LogP) is 2.78. The van der Waals surface area contributed by atoms with Crippen LogP contribution in [0.4, 0.5) is 0 Å². The van der Waals surface area contributed by atoms with Gasteiger partial charge in [-0.1, -0.05) is 65.2 Å². The van der Waals surface area contributed by atoms with Crippen molar-refractivity contribution in [3.63, 3.8) is 0 Å². The molecule has 1 aliphatic carbocycles. The van der Waals surface area contributed by atoms with E-state index < -0.39 is 0 Å². The number of methoxy groups -OCH3 is 3. The standard InChI is InChI=1S/C20H15.C16H15O3.2ClH.Zr/c1-14-6-4-10-18-16(14)9-5-11-19(18)20-13-12-15-7-2-3-8-17(15)20;1-17-12-5-6-13-11(9-12)8-10-4-7-14(18-2)16(19-3)15(10)13;;;/h2-13H,1H3;5-7,9H,8H2,1-3H3;2*1H;/q2*-1;;;+4/p-2. The Bertz CT molecular complexity index is 1830. The maximum absolute atomic E-state index is 5.52. The van der Waals surface area contributed by atoms with Crippen LogP contribution in [-0.4, -0.2) is 21.3 Å². The molecule has 0 bridgehead atoms. The summed E-state index contributed by atoms with van der Waals surface area (Å²) in [6.07, 6.45) is 0.849. The molecule has 0 heterocycles. The summed E-state index contributed by atoms with van der Waals surface area (Å²) < 4.78 is 16.1. The molecule has 6 heteroatoms. The molecule has 42 heavy (non-hydrogen) atoms. The fourth-order valence-corrected chi connectivity index (χ4v) is 5.69. The molecule has 0 saturated carbocycles. The van der Waals surface area contributed by atoms with E-state index in [0.717, 1.165) is 29.0 Å². The SMILES string of the molecule is COc1ccc2c(c1)Cc1[c-]cc(OC)c(OC)c1-2.Cc1cccc2c(-c3c[cH-]c4ccccc34)cccc12.[Cl-].[Cl-].[Zr+4]. The summed E-state index contributed by atoms with van der Waals surface area (Å²) in [6, 6.07) is 37.4. The fourth-order valence-electron chi connectivity index (χ4n) is 5.69. The maximum Gasteiger partial charge on any atom is 4.00 e. The first-order chi connectivity index (χ1) is 19.1. The molecule has 6 aromatic rings. The number of hydrogen-bond donors (Lipinski definition) is 0. The van der Waals surface area contributed by atoms with E-state index in [4.69, 9.17) is 14.2 Å². The molecule has 0 unspecified atom stereocenters. The zero-order valence-corrected chi connectivity index (χ0v) is 27.9. The van der Waals surface area contributed by atoms with E-state index in [1.807, 2.05) is 12.1 Å². The molecule has 0 fully saturated rings. The summed E-state index contributed by atoms with van der Waals surface area (Å²) >= 11 is 0. The summed E-state index contributed by atoms with van der Waals surface area (Å²) in [5.41, 5.74) is 8.62. The Morgan fingerprint density at radius 1 is 0.714 bits per heavy atom. The Labute approximate surface area is 279 Å². The van der Waals surface area contributed by atoms with Crippen LogP contribution < -0.4 is 39.0 Å². The van der Waals surface area contributed by atoms with Crippen molar-refractivity contribution in [3.8, 4) is 39.5 Å². The van der Waals surface area contributed by atoms with Crippen molar-refractivity contribution in [3.05, 3.63) is 120 Å². The van der Waals surface area contributed by atoms with Gasteiger partial charge in [0.25, 0.3) is 0 Å². The van der Waals surface area contributed by atoms with Gasteiger partial charge >= 0.3 is 26.2 Å². The molecule has 0 saturated heterocycles. The minimum absolute atomic E-state index is 0. The largest absolute Gasteiger partial charge is 4.00 e. The van der Waals surface area contributed by atoms with Crippen LogP contribution in [0.15, 0.2) is 97.1 Å². The number of halogens is 2. The van der Waals surface area contributed by atoms with E-state index >= 15 is 0 Å². The minimum Gasteiger partial charge on any atom is -1.00 e. The second-order valence-corrected chi connectivity index (χ2v) is 9.75. The average Bonchev–Trinajstić information content (AvgIpc) is 3.58. The Hall–Kier alpha value is -3.17. The van der Waals surface area contributed by atoms with E-state index in [0.29, 0.717) is 5.75 Å². The van der Waals surface area contributed by atoms with Crippen LogP contribution in [-0.2, 0) is 32.6 Å². The number of fused-ring (bicyclic) bond motifs is 5. The van der Waals surface area contributed by atoms with Crippen molar-refractivity contribution < 1.29 is 65.2 Å². The molecular formula is C36H30Cl2O3Zr. The van der Waals surface area contributed by atoms with E-state index in [1.54, 1.807) is 21.3 Å². The molecule has 0 atom stereocenters. The molecule has 0 amide bonds. The van der Waals surface area contributed by atoms with Crippen molar-refractivity contribution >= 4 is 21.5 Å². The van der Waals surface area contributed by atoms with Crippen LogP contribution in [0.2, 0.25) is 0 Å². The fraction of sp³-hybridized carbons (Fsp3) is 0.139. The summed E-state index contributed by atoms with van der Waals surface area (Å²) in [5, 5.41) is 5.33.